The maximum atomic E-state index is 12.2. The standard InChI is InChI=1S/C15H23N7O2S/c1-10(2)22-9-16-18-12(22)7-21(3)8-13(23)17-15-20-19-14(25-15)11-5-4-6-24-11/h9-11H,4-8H2,1-3H3,(H,17,20,23)/t11-/m0/s1. The fourth-order valence-corrected chi connectivity index (χ4v) is 3.54. The first kappa shape index (κ1) is 17.9. The molecule has 1 aliphatic heterocycles. The van der Waals surface area contributed by atoms with Gasteiger partial charge in [-0.1, -0.05) is 11.3 Å². The van der Waals surface area contributed by atoms with Crippen LogP contribution in [0.1, 0.15) is 49.7 Å². The summed E-state index contributed by atoms with van der Waals surface area (Å²) < 4.78 is 7.58. The van der Waals surface area contributed by atoms with E-state index in [1.54, 1.807) is 6.33 Å². The molecule has 9 nitrogen and oxygen atoms in total. The van der Waals surface area contributed by atoms with E-state index in [4.69, 9.17) is 4.74 Å². The predicted octanol–water partition coefficient (Wildman–Crippen LogP) is 1.63. The lowest BCUT2D eigenvalue weighted by molar-refractivity contribution is -0.117. The molecular formula is C15H23N7O2S. The van der Waals surface area contributed by atoms with Gasteiger partial charge >= 0.3 is 0 Å². The third-order valence-corrected chi connectivity index (χ3v) is 4.85. The van der Waals surface area contributed by atoms with Gasteiger partial charge in [0.25, 0.3) is 0 Å². The van der Waals surface area contributed by atoms with Crippen molar-refractivity contribution in [3.8, 4) is 0 Å². The molecule has 1 atom stereocenters. The average molecular weight is 365 g/mol. The van der Waals surface area contributed by atoms with Crippen LogP contribution in [0.15, 0.2) is 6.33 Å². The van der Waals surface area contributed by atoms with Crippen molar-refractivity contribution in [3.05, 3.63) is 17.2 Å². The number of hydrogen-bond donors (Lipinski definition) is 1. The van der Waals surface area contributed by atoms with Gasteiger partial charge in [-0.15, -0.1) is 20.4 Å². The van der Waals surface area contributed by atoms with E-state index in [1.807, 2.05) is 16.5 Å². The molecule has 136 valence electrons. The lowest BCUT2D eigenvalue weighted by atomic mass is 10.2. The lowest BCUT2D eigenvalue weighted by Crippen LogP contribution is -2.30. The molecule has 1 fully saturated rings. The van der Waals surface area contributed by atoms with E-state index in [0.29, 0.717) is 11.7 Å². The number of hydrogen-bond acceptors (Lipinski definition) is 8. The van der Waals surface area contributed by atoms with E-state index >= 15 is 0 Å². The van der Waals surface area contributed by atoms with Crippen molar-refractivity contribution in [1.82, 2.24) is 29.9 Å². The molecule has 10 heteroatoms. The fourth-order valence-electron chi connectivity index (χ4n) is 2.70. The Hall–Kier alpha value is -1.91. The van der Waals surface area contributed by atoms with Crippen molar-refractivity contribution in [2.24, 2.45) is 0 Å². The van der Waals surface area contributed by atoms with Crippen molar-refractivity contribution in [1.29, 1.82) is 0 Å². The van der Waals surface area contributed by atoms with E-state index < -0.39 is 0 Å². The van der Waals surface area contributed by atoms with Gasteiger partial charge in [0.15, 0.2) is 0 Å². The van der Waals surface area contributed by atoms with Gasteiger partial charge in [0.05, 0.1) is 13.1 Å². The van der Waals surface area contributed by atoms with Gasteiger partial charge in [-0.25, -0.2) is 0 Å². The number of anilines is 1. The number of aromatic nitrogens is 5. The second kappa shape index (κ2) is 7.98. The van der Waals surface area contributed by atoms with Crippen LogP contribution in [0, 0.1) is 0 Å². The Labute approximate surface area is 150 Å². The van der Waals surface area contributed by atoms with Crippen LogP contribution in [-0.2, 0) is 16.1 Å². The zero-order chi connectivity index (χ0) is 17.8. The van der Waals surface area contributed by atoms with Gasteiger partial charge in [-0.05, 0) is 33.7 Å². The minimum Gasteiger partial charge on any atom is -0.371 e. The largest absolute Gasteiger partial charge is 0.371 e. The van der Waals surface area contributed by atoms with Gasteiger partial charge < -0.3 is 9.30 Å². The molecule has 3 heterocycles. The maximum Gasteiger partial charge on any atom is 0.240 e. The lowest BCUT2D eigenvalue weighted by Gasteiger charge is -2.17. The summed E-state index contributed by atoms with van der Waals surface area (Å²) in [5.74, 6) is 0.704. The minimum atomic E-state index is -0.131. The van der Waals surface area contributed by atoms with Crippen LogP contribution < -0.4 is 5.32 Å². The van der Waals surface area contributed by atoms with Crippen LogP contribution in [0.2, 0.25) is 0 Å². The number of ether oxygens (including phenoxy) is 1. The molecule has 1 amide bonds. The van der Waals surface area contributed by atoms with Gasteiger partial charge in [0.2, 0.25) is 11.0 Å². The Balaban J connectivity index is 1.51. The van der Waals surface area contributed by atoms with E-state index in [2.05, 4.69) is 39.6 Å². The molecule has 2 aromatic heterocycles. The molecule has 3 rings (SSSR count). The quantitative estimate of drug-likeness (QED) is 0.796. The van der Waals surface area contributed by atoms with Gasteiger partial charge in [0.1, 0.15) is 23.3 Å². The zero-order valence-corrected chi connectivity index (χ0v) is 15.5. The van der Waals surface area contributed by atoms with E-state index in [0.717, 1.165) is 30.3 Å². The number of rotatable bonds is 7. The third kappa shape index (κ3) is 4.59. The Morgan fingerprint density at radius 3 is 3.04 bits per heavy atom. The molecule has 1 saturated heterocycles. The summed E-state index contributed by atoms with van der Waals surface area (Å²) >= 11 is 1.37. The first-order valence-electron chi connectivity index (χ1n) is 8.34. The van der Waals surface area contributed by atoms with E-state index in [-0.39, 0.29) is 24.6 Å². The molecule has 25 heavy (non-hydrogen) atoms. The Morgan fingerprint density at radius 2 is 2.32 bits per heavy atom. The van der Waals surface area contributed by atoms with E-state index in [9.17, 15) is 4.79 Å². The summed E-state index contributed by atoms with van der Waals surface area (Å²) in [7, 11) is 1.87. The van der Waals surface area contributed by atoms with Gasteiger partial charge in [0, 0.05) is 12.6 Å². The highest BCUT2D eigenvalue weighted by molar-refractivity contribution is 7.15. The van der Waals surface area contributed by atoms with Crippen LogP contribution in [0.5, 0.6) is 0 Å². The molecule has 0 aliphatic carbocycles. The van der Waals surface area contributed by atoms with Crippen LogP contribution in [0.4, 0.5) is 5.13 Å². The average Bonchev–Trinajstić information content (AvgIpc) is 3.27. The van der Waals surface area contributed by atoms with Crippen LogP contribution in [-0.4, -0.2) is 56.0 Å². The van der Waals surface area contributed by atoms with Crippen LogP contribution in [0.3, 0.4) is 0 Å². The second-order valence-electron chi connectivity index (χ2n) is 6.42. The van der Waals surface area contributed by atoms with Crippen molar-refractivity contribution >= 4 is 22.4 Å². The topological polar surface area (TPSA) is 98.1 Å². The van der Waals surface area contributed by atoms with Crippen LogP contribution in [0.25, 0.3) is 0 Å². The Kier molecular flexibility index (Phi) is 5.71. The van der Waals surface area contributed by atoms with E-state index in [1.165, 1.54) is 11.3 Å². The highest BCUT2D eigenvalue weighted by Gasteiger charge is 2.22. The Bertz CT molecular complexity index is 708. The number of nitrogens with one attached hydrogen (secondary N) is 1. The number of nitrogens with zero attached hydrogens (tertiary/aromatic N) is 6. The highest BCUT2D eigenvalue weighted by atomic mass is 32.1. The third-order valence-electron chi connectivity index (χ3n) is 3.92. The molecule has 0 unspecified atom stereocenters. The summed E-state index contributed by atoms with van der Waals surface area (Å²) in [5, 5.41) is 20.3. The molecule has 1 aliphatic rings. The summed E-state index contributed by atoms with van der Waals surface area (Å²) in [6.07, 6.45) is 3.73. The minimum absolute atomic E-state index is 0.0215. The molecule has 0 saturated carbocycles. The molecule has 0 aromatic carbocycles. The number of likely N-dealkylation sites (N-methyl/N-ethyl adjacent to an activating group) is 1. The van der Waals surface area contributed by atoms with Crippen LogP contribution >= 0.6 is 11.3 Å². The van der Waals surface area contributed by atoms with Crippen molar-refractivity contribution in [3.63, 3.8) is 0 Å². The maximum absolute atomic E-state index is 12.2. The first-order valence-corrected chi connectivity index (χ1v) is 9.16. The monoisotopic (exact) mass is 365 g/mol. The van der Waals surface area contributed by atoms with Crippen molar-refractivity contribution in [2.45, 2.75) is 45.4 Å². The summed E-state index contributed by atoms with van der Waals surface area (Å²) in [6, 6.07) is 0.282. The fraction of sp³-hybridized carbons (Fsp3) is 0.667. The molecule has 0 spiro atoms. The normalized spacial score (nSPS) is 17.6. The molecule has 1 N–H and O–H groups in total. The molecule has 0 radical (unpaired) electrons. The summed E-state index contributed by atoms with van der Waals surface area (Å²) in [6.45, 7) is 5.68. The zero-order valence-electron chi connectivity index (χ0n) is 14.7. The highest BCUT2D eigenvalue weighted by Crippen LogP contribution is 2.31. The number of amides is 1. The number of carbonyl (C=O) groups is 1. The predicted molar refractivity (Wildman–Crippen MR) is 93.2 cm³/mol. The van der Waals surface area contributed by atoms with Gasteiger partial charge in [-0.3, -0.25) is 15.0 Å². The molecule has 0 bridgehead atoms. The first-order chi connectivity index (χ1) is 12.0. The Morgan fingerprint density at radius 1 is 1.48 bits per heavy atom. The summed E-state index contributed by atoms with van der Waals surface area (Å²) in [4.78, 5) is 14.1. The molecular weight excluding hydrogens is 342 g/mol. The van der Waals surface area contributed by atoms with Crippen molar-refractivity contribution in [2.75, 3.05) is 25.5 Å². The second-order valence-corrected chi connectivity index (χ2v) is 7.42. The van der Waals surface area contributed by atoms with Gasteiger partial charge in [-0.2, -0.15) is 0 Å². The summed E-state index contributed by atoms with van der Waals surface area (Å²) in [5.41, 5.74) is 0. The van der Waals surface area contributed by atoms with Crippen molar-refractivity contribution < 1.29 is 9.53 Å². The number of carbonyl (C=O) groups excluding carboxylic acids is 1. The molecule has 2 aromatic rings. The smallest absolute Gasteiger partial charge is 0.240 e. The SMILES string of the molecule is CC(C)n1cnnc1CN(C)CC(=O)Nc1nnc([C@@H]2CCCO2)s1.